The Balaban J connectivity index is 2.85. The minimum Gasteiger partial charge on any atom is -0.444 e. The fourth-order valence-corrected chi connectivity index (χ4v) is 1.56. The van der Waals surface area contributed by atoms with E-state index in [9.17, 15) is 9.59 Å². The molecule has 1 aromatic carbocycles. The van der Waals surface area contributed by atoms with Crippen LogP contribution in [0.2, 0.25) is 5.02 Å². The second kappa shape index (κ2) is 6.57. The van der Waals surface area contributed by atoms with Crippen LogP contribution < -0.4 is 5.32 Å². The Morgan fingerprint density at radius 2 is 1.95 bits per heavy atom. The molecule has 1 amide bonds. The van der Waals surface area contributed by atoms with Crippen molar-refractivity contribution in [3.63, 3.8) is 0 Å². The molecule has 0 aromatic heterocycles. The van der Waals surface area contributed by atoms with Gasteiger partial charge in [0.1, 0.15) is 5.60 Å². The quantitative estimate of drug-likeness (QED) is 0.846. The van der Waals surface area contributed by atoms with Gasteiger partial charge in [-0.3, -0.25) is 10.1 Å². The van der Waals surface area contributed by atoms with E-state index in [-0.39, 0.29) is 5.78 Å². The van der Waals surface area contributed by atoms with Crippen molar-refractivity contribution in [3.8, 4) is 0 Å². The third kappa shape index (κ3) is 5.89. The Hall–Kier alpha value is -1.81. The normalized spacial score (nSPS) is 11.4. The second-order valence-electron chi connectivity index (χ2n) is 5.31. The van der Waals surface area contributed by atoms with Crippen LogP contribution in [0.4, 0.5) is 10.5 Å². The van der Waals surface area contributed by atoms with E-state index in [2.05, 4.69) is 5.32 Å². The summed E-state index contributed by atoms with van der Waals surface area (Å²) in [7, 11) is 0. The van der Waals surface area contributed by atoms with Gasteiger partial charge in [-0.1, -0.05) is 11.6 Å². The van der Waals surface area contributed by atoms with Crippen molar-refractivity contribution in [2.75, 3.05) is 5.32 Å². The van der Waals surface area contributed by atoms with E-state index in [0.717, 1.165) is 0 Å². The fourth-order valence-electron chi connectivity index (χ4n) is 1.38. The van der Waals surface area contributed by atoms with E-state index in [0.29, 0.717) is 16.3 Å². The summed E-state index contributed by atoms with van der Waals surface area (Å²) < 4.78 is 5.15. The van der Waals surface area contributed by atoms with Crippen LogP contribution in [0, 0.1) is 0 Å². The Bertz CT molecular complexity index is 545. The maximum absolute atomic E-state index is 11.7. The highest BCUT2D eigenvalue weighted by Gasteiger charge is 2.16. The highest BCUT2D eigenvalue weighted by Crippen LogP contribution is 2.22. The molecule has 0 saturated heterocycles. The molecule has 4 nitrogen and oxygen atoms in total. The first kappa shape index (κ1) is 16.2. The average Bonchev–Trinajstić information content (AvgIpc) is 2.27. The van der Waals surface area contributed by atoms with Crippen molar-refractivity contribution >= 4 is 35.2 Å². The molecule has 0 radical (unpaired) electrons. The van der Waals surface area contributed by atoms with E-state index in [1.54, 1.807) is 45.0 Å². The molecule has 0 bridgehead atoms. The van der Waals surface area contributed by atoms with Crippen LogP contribution in [0.1, 0.15) is 33.3 Å². The smallest absolute Gasteiger partial charge is 0.412 e. The zero-order chi connectivity index (χ0) is 15.3. The predicted molar refractivity (Wildman–Crippen MR) is 81.0 cm³/mol. The molecule has 5 heteroatoms. The van der Waals surface area contributed by atoms with Gasteiger partial charge in [-0.05, 0) is 63.6 Å². The number of halogens is 1. The molecule has 0 heterocycles. The van der Waals surface area contributed by atoms with E-state index < -0.39 is 11.7 Å². The molecule has 20 heavy (non-hydrogen) atoms. The Morgan fingerprint density at radius 1 is 1.30 bits per heavy atom. The number of nitrogens with one attached hydrogen (secondary N) is 1. The summed E-state index contributed by atoms with van der Waals surface area (Å²) in [6.45, 7) is 6.81. The van der Waals surface area contributed by atoms with E-state index in [4.69, 9.17) is 16.3 Å². The molecule has 1 rings (SSSR count). The number of rotatable bonds is 3. The van der Waals surface area contributed by atoms with Crippen LogP contribution in [-0.2, 0) is 9.53 Å². The predicted octanol–water partition coefficient (Wildman–Crippen LogP) is 4.29. The summed E-state index contributed by atoms with van der Waals surface area (Å²) in [4.78, 5) is 22.6. The minimum absolute atomic E-state index is 0.0772. The summed E-state index contributed by atoms with van der Waals surface area (Å²) >= 11 is 6.02. The Morgan fingerprint density at radius 3 is 2.50 bits per heavy atom. The number of amides is 1. The van der Waals surface area contributed by atoms with Crippen LogP contribution in [0.3, 0.4) is 0 Å². The van der Waals surface area contributed by atoms with Gasteiger partial charge in [-0.15, -0.1) is 0 Å². The number of hydrogen-bond acceptors (Lipinski definition) is 3. The molecule has 0 saturated carbocycles. The maximum atomic E-state index is 11.7. The fraction of sp³-hybridized carbons (Fsp3) is 0.333. The van der Waals surface area contributed by atoms with Gasteiger partial charge in [-0.25, -0.2) is 4.79 Å². The molecule has 0 aliphatic carbocycles. The lowest BCUT2D eigenvalue weighted by Gasteiger charge is -2.19. The summed E-state index contributed by atoms with van der Waals surface area (Å²) in [6, 6.07) is 4.98. The lowest BCUT2D eigenvalue weighted by atomic mass is 10.1. The Labute approximate surface area is 123 Å². The highest BCUT2D eigenvalue weighted by atomic mass is 35.5. The first-order valence-electron chi connectivity index (χ1n) is 6.15. The first-order chi connectivity index (χ1) is 9.17. The van der Waals surface area contributed by atoms with Crippen LogP contribution in [0.25, 0.3) is 6.08 Å². The van der Waals surface area contributed by atoms with Crippen LogP contribution in [-0.4, -0.2) is 17.5 Å². The largest absolute Gasteiger partial charge is 0.444 e. The van der Waals surface area contributed by atoms with Gasteiger partial charge < -0.3 is 4.74 Å². The lowest BCUT2D eigenvalue weighted by Crippen LogP contribution is -2.27. The second-order valence-corrected chi connectivity index (χ2v) is 5.71. The summed E-state index contributed by atoms with van der Waals surface area (Å²) in [6.07, 6.45) is 2.48. The molecule has 0 spiro atoms. The molecule has 0 unspecified atom stereocenters. The van der Waals surface area contributed by atoms with E-state index >= 15 is 0 Å². The van der Waals surface area contributed by atoms with Crippen molar-refractivity contribution in [2.45, 2.75) is 33.3 Å². The number of anilines is 1. The van der Waals surface area contributed by atoms with Gasteiger partial charge in [0.15, 0.2) is 5.78 Å². The highest BCUT2D eigenvalue weighted by molar-refractivity contribution is 6.32. The van der Waals surface area contributed by atoms with Gasteiger partial charge >= 0.3 is 6.09 Å². The van der Waals surface area contributed by atoms with E-state index in [1.165, 1.54) is 13.0 Å². The van der Waals surface area contributed by atoms with Crippen LogP contribution in [0.15, 0.2) is 24.3 Å². The van der Waals surface area contributed by atoms with Crippen molar-refractivity contribution in [1.82, 2.24) is 0 Å². The van der Waals surface area contributed by atoms with Gasteiger partial charge in [-0.2, -0.15) is 0 Å². The minimum atomic E-state index is -0.562. The molecule has 0 aliphatic heterocycles. The molecule has 0 aliphatic rings. The first-order valence-corrected chi connectivity index (χ1v) is 6.53. The van der Waals surface area contributed by atoms with Crippen molar-refractivity contribution in [1.29, 1.82) is 0 Å². The molecular weight excluding hydrogens is 278 g/mol. The lowest BCUT2D eigenvalue weighted by molar-refractivity contribution is -0.112. The van der Waals surface area contributed by atoms with E-state index in [1.807, 2.05) is 0 Å². The van der Waals surface area contributed by atoms with Crippen LogP contribution in [0.5, 0.6) is 0 Å². The molecular formula is C15H18ClNO3. The zero-order valence-corrected chi connectivity index (χ0v) is 12.7. The molecule has 0 atom stereocenters. The molecule has 1 N–H and O–H groups in total. The number of allylic oxidation sites excluding steroid dienone is 1. The summed E-state index contributed by atoms with van der Waals surface area (Å²) in [5, 5.41) is 3.11. The number of benzene rings is 1. The maximum Gasteiger partial charge on any atom is 0.412 e. The third-order valence-corrected chi connectivity index (χ3v) is 2.48. The molecule has 1 aromatic rings. The number of hydrogen-bond donors (Lipinski definition) is 1. The monoisotopic (exact) mass is 295 g/mol. The number of carbonyl (C=O) groups is 2. The van der Waals surface area contributed by atoms with Gasteiger partial charge in [0, 0.05) is 10.7 Å². The van der Waals surface area contributed by atoms with Gasteiger partial charge in [0.2, 0.25) is 0 Å². The topological polar surface area (TPSA) is 55.4 Å². The summed E-state index contributed by atoms with van der Waals surface area (Å²) in [5.41, 5.74) is 0.635. The van der Waals surface area contributed by atoms with Crippen LogP contribution >= 0.6 is 11.6 Å². The molecule has 0 fully saturated rings. The zero-order valence-electron chi connectivity index (χ0n) is 12.0. The van der Waals surface area contributed by atoms with Gasteiger partial charge in [0.25, 0.3) is 0 Å². The third-order valence-electron chi connectivity index (χ3n) is 2.14. The Kier molecular flexibility index (Phi) is 5.34. The average molecular weight is 296 g/mol. The number of ether oxygens (including phenoxy) is 1. The SMILES string of the molecule is CC(=O)/C=C/c1cc(NC(=O)OC(C)(C)C)ccc1Cl. The van der Waals surface area contributed by atoms with Crippen molar-refractivity contribution in [2.24, 2.45) is 0 Å². The van der Waals surface area contributed by atoms with Gasteiger partial charge in [0.05, 0.1) is 0 Å². The van der Waals surface area contributed by atoms with Crippen molar-refractivity contribution < 1.29 is 14.3 Å². The number of carbonyl (C=O) groups excluding carboxylic acids is 2. The van der Waals surface area contributed by atoms with Crippen molar-refractivity contribution in [3.05, 3.63) is 34.9 Å². The number of ketones is 1. The standard InChI is InChI=1S/C15H18ClNO3/c1-10(18)5-6-11-9-12(7-8-13(11)16)17-14(19)20-15(2,3)4/h5-9H,1-4H3,(H,17,19)/b6-5+. The molecule has 108 valence electrons. The summed E-state index contributed by atoms with van der Waals surface area (Å²) in [5.74, 6) is -0.0772.